The molecule has 2 aliphatic heterocycles. The van der Waals surface area contributed by atoms with Crippen LogP contribution in [0.5, 0.6) is 0 Å². The van der Waals surface area contributed by atoms with Crippen molar-refractivity contribution < 1.29 is 0 Å². The highest BCUT2D eigenvalue weighted by Crippen LogP contribution is 2.55. The zero-order valence-corrected chi connectivity index (χ0v) is 50.0. The van der Waals surface area contributed by atoms with Gasteiger partial charge in [0.1, 0.15) is 0 Å². The molecule has 0 fully saturated rings. The molecule has 0 radical (unpaired) electrons. The van der Waals surface area contributed by atoms with Crippen LogP contribution in [0.2, 0.25) is 0 Å². The van der Waals surface area contributed by atoms with Crippen LogP contribution in [0.3, 0.4) is 0 Å². The first-order valence-electron chi connectivity index (χ1n) is 28.5. The van der Waals surface area contributed by atoms with E-state index in [1.54, 1.807) is 0 Å². The Kier molecular flexibility index (Phi) is 11.5. The molecule has 4 heteroatoms. The Balaban J connectivity index is 1.28. The summed E-state index contributed by atoms with van der Waals surface area (Å²) in [6.45, 7) is 47.6. The largest absolute Gasteiger partial charge is 0.311 e. The van der Waals surface area contributed by atoms with E-state index in [2.05, 4.69) is 287 Å². The van der Waals surface area contributed by atoms with Gasteiger partial charge in [-0.3, -0.25) is 0 Å². The van der Waals surface area contributed by atoms with E-state index < -0.39 is 0 Å². The van der Waals surface area contributed by atoms with Gasteiger partial charge in [0.15, 0.2) is 0 Å². The number of hydrogen-bond donors (Lipinski definition) is 0. The Hall–Kier alpha value is -6.00. The highest BCUT2D eigenvalue weighted by molar-refractivity contribution is 7.00. The minimum Gasteiger partial charge on any atom is -0.311 e. The van der Waals surface area contributed by atoms with Crippen LogP contribution in [-0.4, -0.2) is 6.71 Å². The average molecular weight is 1000 g/mol. The normalized spacial score (nSPS) is 17.7. The van der Waals surface area contributed by atoms with Crippen molar-refractivity contribution in [3.8, 4) is 0 Å². The average Bonchev–Trinajstić information content (AvgIpc) is 3.68. The second-order valence-corrected chi connectivity index (χ2v) is 30.3. The number of fused-ring (bicyclic) bond motifs is 6. The number of anilines is 9. The molecule has 76 heavy (non-hydrogen) atoms. The van der Waals surface area contributed by atoms with Gasteiger partial charge >= 0.3 is 0 Å². The van der Waals surface area contributed by atoms with Gasteiger partial charge in [0, 0.05) is 45.5 Å². The minimum absolute atomic E-state index is 0.0153. The van der Waals surface area contributed by atoms with Gasteiger partial charge in [-0.25, -0.2) is 0 Å². The smallest absolute Gasteiger partial charge is 0.252 e. The Labute approximate surface area is 459 Å². The van der Waals surface area contributed by atoms with Gasteiger partial charge in [-0.2, -0.15) is 0 Å². The van der Waals surface area contributed by atoms with E-state index >= 15 is 0 Å². The van der Waals surface area contributed by atoms with Crippen molar-refractivity contribution in [3.63, 3.8) is 0 Å². The van der Waals surface area contributed by atoms with Crippen molar-refractivity contribution in [2.75, 3.05) is 14.7 Å². The van der Waals surface area contributed by atoms with Gasteiger partial charge in [0.2, 0.25) is 0 Å². The number of nitrogens with zero attached hydrogens (tertiary/aromatic N) is 3. The zero-order chi connectivity index (χ0) is 54.8. The van der Waals surface area contributed by atoms with E-state index in [0.717, 1.165) is 18.5 Å². The first-order chi connectivity index (χ1) is 35.2. The molecule has 0 aromatic heterocycles. The fourth-order valence-electron chi connectivity index (χ4n) is 14.5. The Morgan fingerprint density at radius 2 is 0.671 bits per heavy atom. The van der Waals surface area contributed by atoms with Crippen molar-refractivity contribution in [1.29, 1.82) is 0 Å². The first-order valence-corrected chi connectivity index (χ1v) is 28.5. The van der Waals surface area contributed by atoms with Crippen LogP contribution in [0.1, 0.15) is 196 Å². The quantitative estimate of drug-likeness (QED) is 0.159. The lowest BCUT2D eigenvalue weighted by atomic mass is 9.33. The molecule has 0 unspecified atom stereocenters. The molecule has 2 aliphatic carbocycles. The minimum atomic E-state index is -0.0491. The zero-order valence-electron chi connectivity index (χ0n) is 50.0. The van der Waals surface area contributed by atoms with E-state index in [1.165, 1.54) is 106 Å². The monoisotopic (exact) mass is 1000 g/mol. The fourth-order valence-corrected chi connectivity index (χ4v) is 14.5. The lowest BCUT2D eigenvalue weighted by molar-refractivity contribution is 0.403. The van der Waals surface area contributed by atoms with Gasteiger partial charge in [-0.1, -0.05) is 199 Å². The Morgan fingerprint density at radius 1 is 0.342 bits per heavy atom. The standard InChI is InChI=1S/C72H86BN3/c1-65(2,3)45-21-27-49(28-22-45)75-60-35-25-47(67(7,8)9)37-58(60)73-59-38-48(68(10,11)12)26-36-61(59)76(50-29-23-46(24-30-50)66(4,5)6)63-42-53(41-62(75)64(63)73)74(51-31-33-54-56(39-51)71(17,18)43-69(54,13)14)52-32-34-55-57(40-52)72(19,20)44-70(55,15)16/h21-42H,43-44H2,1-20H3. The summed E-state index contributed by atoms with van der Waals surface area (Å²) < 4.78 is 0. The molecule has 3 nitrogen and oxygen atoms in total. The summed E-state index contributed by atoms with van der Waals surface area (Å²) in [6.07, 6.45) is 2.23. The molecule has 0 N–H and O–H groups in total. The molecule has 0 atom stereocenters. The molecule has 0 saturated heterocycles. The molecule has 0 amide bonds. The van der Waals surface area contributed by atoms with Crippen molar-refractivity contribution >= 4 is 74.3 Å². The van der Waals surface area contributed by atoms with Crippen LogP contribution < -0.4 is 31.1 Å². The molecule has 2 heterocycles. The van der Waals surface area contributed by atoms with Crippen molar-refractivity contribution in [3.05, 3.63) is 178 Å². The third kappa shape index (κ3) is 8.46. The van der Waals surface area contributed by atoms with Crippen molar-refractivity contribution in [1.82, 2.24) is 0 Å². The SMILES string of the molecule is CC(C)(C)c1ccc(N2c3ccc(C(C)(C)C)cc3B3c4cc(C(C)(C)C)ccc4N(c4ccc(C(C)(C)C)cc4)c4cc(N(c5ccc6c(c5)C(C)(C)CC6(C)C)c5ccc6c(c5)C(C)(C)CC6(C)C)cc2c43)cc1. The molecule has 4 aliphatic rings. The van der Waals surface area contributed by atoms with Crippen LogP contribution in [-0.2, 0) is 43.3 Å². The molecular weight excluding hydrogens is 918 g/mol. The summed E-state index contributed by atoms with van der Waals surface area (Å²) in [4.78, 5) is 7.86. The summed E-state index contributed by atoms with van der Waals surface area (Å²) in [6, 6.07) is 53.8. The topological polar surface area (TPSA) is 9.72 Å². The predicted octanol–water partition coefficient (Wildman–Crippen LogP) is 18.3. The van der Waals surface area contributed by atoms with Gasteiger partial charge in [-0.05, 0) is 190 Å². The lowest BCUT2D eigenvalue weighted by Gasteiger charge is -2.45. The molecule has 0 spiro atoms. The second-order valence-electron chi connectivity index (χ2n) is 30.3. The second kappa shape index (κ2) is 16.8. The van der Waals surface area contributed by atoms with E-state index in [4.69, 9.17) is 0 Å². The molecule has 11 rings (SSSR count). The van der Waals surface area contributed by atoms with Gasteiger partial charge in [0.05, 0.1) is 5.69 Å². The highest BCUT2D eigenvalue weighted by Gasteiger charge is 2.47. The third-order valence-electron chi connectivity index (χ3n) is 18.2. The van der Waals surface area contributed by atoms with E-state index in [0.29, 0.717) is 0 Å². The van der Waals surface area contributed by atoms with Gasteiger partial charge < -0.3 is 14.7 Å². The van der Waals surface area contributed by atoms with E-state index in [9.17, 15) is 0 Å². The summed E-state index contributed by atoms with van der Waals surface area (Å²) in [5.74, 6) is 0. The van der Waals surface area contributed by atoms with Gasteiger partial charge in [0.25, 0.3) is 6.71 Å². The summed E-state index contributed by atoms with van der Waals surface area (Å²) in [5, 5.41) is 0. The number of hydrogen-bond acceptors (Lipinski definition) is 3. The van der Waals surface area contributed by atoms with Crippen LogP contribution in [0, 0.1) is 0 Å². The number of rotatable bonds is 5. The highest BCUT2D eigenvalue weighted by atomic mass is 15.2. The van der Waals surface area contributed by atoms with Gasteiger partial charge in [-0.15, -0.1) is 0 Å². The van der Waals surface area contributed by atoms with E-state index in [-0.39, 0.29) is 50.0 Å². The van der Waals surface area contributed by atoms with Crippen LogP contribution in [0.4, 0.5) is 51.2 Å². The Bertz CT molecular complexity index is 3240. The van der Waals surface area contributed by atoms with Crippen LogP contribution >= 0.6 is 0 Å². The summed E-state index contributed by atoms with van der Waals surface area (Å²) in [7, 11) is 0. The molecule has 7 aromatic rings. The van der Waals surface area contributed by atoms with Crippen LogP contribution in [0.15, 0.2) is 133 Å². The molecule has 0 bridgehead atoms. The maximum absolute atomic E-state index is 2.62. The molecule has 392 valence electrons. The van der Waals surface area contributed by atoms with Crippen molar-refractivity contribution in [2.45, 2.75) is 195 Å². The van der Waals surface area contributed by atoms with Crippen molar-refractivity contribution in [2.24, 2.45) is 0 Å². The first kappa shape index (κ1) is 52.1. The fraction of sp³-hybridized carbons (Fsp3) is 0.417. The Morgan fingerprint density at radius 3 is 1.01 bits per heavy atom. The molecule has 7 aromatic carbocycles. The maximum atomic E-state index is 2.62. The predicted molar refractivity (Wildman–Crippen MR) is 331 cm³/mol. The van der Waals surface area contributed by atoms with E-state index in [1.807, 2.05) is 0 Å². The lowest BCUT2D eigenvalue weighted by Crippen LogP contribution is -2.61. The van der Waals surface area contributed by atoms with Crippen LogP contribution in [0.25, 0.3) is 0 Å². The molecular formula is C72H86BN3. The maximum Gasteiger partial charge on any atom is 0.252 e. The molecule has 0 saturated carbocycles. The summed E-state index contributed by atoms with van der Waals surface area (Å²) in [5.41, 5.74) is 26.2. The summed E-state index contributed by atoms with van der Waals surface area (Å²) >= 11 is 0. The third-order valence-corrected chi connectivity index (χ3v) is 18.2. The number of benzene rings is 7.